The summed E-state index contributed by atoms with van der Waals surface area (Å²) in [7, 11) is 0. The third kappa shape index (κ3) is 4.98. The minimum atomic E-state index is -0.807. The standard InChI is InChI=1S/C18H18ClN3O2/c1-12(14-4-2-13(10-20)3-5-14)22-18(24)21-11-17(23)15-6-8-16(19)9-7-15/h2-9,12,17,23H,11H2,1H3,(H2,21,22,24). The average molecular weight is 344 g/mol. The van der Waals surface area contributed by atoms with Gasteiger partial charge in [0.05, 0.1) is 23.8 Å². The van der Waals surface area contributed by atoms with Gasteiger partial charge in [0.2, 0.25) is 0 Å². The van der Waals surface area contributed by atoms with Crippen LogP contribution >= 0.6 is 11.6 Å². The molecule has 2 aromatic rings. The van der Waals surface area contributed by atoms with Gasteiger partial charge in [0, 0.05) is 11.6 Å². The number of carbonyl (C=O) groups excluding carboxylic acids is 1. The van der Waals surface area contributed by atoms with Crippen LogP contribution in [0.15, 0.2) is 48.5 Å². The van der Waals surface area contributed by atoms with E-state index in [1.54, 1.807) is 48.5 Å². The number of hydrogen-bond donors (Lipinski definition) is 3. The van der Waals surface area contributed by atoms with Gasteiger partial charge in [0.1, 0.15) is 0 Å². The predicted molar refractivity (Wildman–Crippen MR) is 92.5 cm³/mol. The van der Waals surface area contributed by atoms with E-state index in [2.05, 4.69) is 10.6 Å². The van der Waals surface area contributed by atoms with Crippen molar-refractivity contribution in [2.45, 2.75) is 19.1 Å². The highest BCUT2D eigenvalue weighted by Gasteiger charge is 2.12. The van der Waals surface area contributed by atoms with Crippen LogP contribution in [0.2, 0.25) is 5.02 Å². The van der Waals surface area contributed by atoms with Gasteiger partial charge in [-0.25, -0.2) is 4.79 Å². The van der Waals surface area contributed by atoms with Crippen LogP contribution in [0.4, 0.5) is 4.79 Å². The van der Waals surface area contributed by atoms with Crippen molar-refractivity contribution in [3.05, 3.63) is 70.2 Å². The van der Waals surface area contributed by atoms with Gasteiger partial charge in [0.15, 0.2) is 0 Å². The van der Waals surface area contributed by atoms with Crippen molar-refractivity contribution < 1.29 is 9.90 Å². The van der Waals surface area contributed by atoms with Gasteiger partial charge >= 0.3 is 6.03 Å². The Kier molecular flexibility index (Phi) is 6.19. The lowest BCUT2D eigenvalue weighted by molar-refractivity contribution is 0.172. The summed E-state index contributed by atoms with van der Waals surface area (Å²) >= 11 is 5.80. The van der Waals surface area contributed by atoms with Crippen molar-refractivity contribution in [2.75, 3.05) is 6.54 Å². The van der Waals surface area contributed by atoms with Crippen LogP contribution in [0, 0.1) is 11.3 Å². The number of hydrogen-bond acceptors (Lipinski definition) is 3. The van der Waals surface area contributed by atoms with Gasteiger partial charge < -0.3 is 15.7 Å². The zero-order chi connectivity index (χ0) is 17.5. The van der Waals surface area contributed by atoms with Gasteiger partial charge in [-0.1, -0.05) is 35.9 Å². The summed E-state index contributed by atoms with van der Waals surface area (Å²) < 4.78 is 0. The van der Waals surface area contributed by atoms with E-state index in [1.807, 2.05) is 13.0 Å². The number of amides is 2. The molecule has 3 N–H and O–H groups in total. The molecule has 124 valence electrons. The smallest absolute Gasteiger partial charge is 0.315 e. The highest BCUT2D eigenvalue weighted by atomic mass is 35.5. The van der Waals surface area contributed by atoms with E-state index in [-0.39, 0.29) is 18.6 Å². The predicted octanol–water partition coefficient (Wildman–Crippen LogP) is 3.31. The Bertz CT molecular complexity index is 723. The lowest BCUT2D eigenvalue weighted by Gasteiger charge is -2.17. The number of halogens is 1. The number of benzene rings is 2. The van der Waals surface area contributed by atoms with Crippen molar-refractivity contribution in [1.82, 2.24) is 10.6 Å². The third-order valence-electron chi connectivity index (χ3n) is 3.60. The topological polar surface area (TPSA) is 85.2 Å². The van der Waals surface area contributed by atoms with Crippen molar-refractivity contribution >= 4 is 17.6 Å². The van der Waals surface area contributed by atoms with Crippen LogP contribution in [0.5, 0.6) is 0 Å². The number of rotatable bonds is 5. The van der Waals surface area contributed by atoms with Gasteiger partial charge in [-0.2, -0.15) is 5.26 Å². The lowest BCUT2D eigenvalue weighted by Crippen LogP contribution is -2.39. The molecule has 0 spiro atoms. The second-order valence-corrected chi connectivity index (χ2v) is 5.81. The second-order valence-electron chi connectivity index (χ2n) is 5.38. The Balaban J connectivity index is 1.83. The number of nitrogens with zero attached hydrogens (tertiary/aromatic N) is 1. The highest BCUT2D eigenvalue weighted by molar-refractivity contribution is 6.30. The van der Waals surface area contributed by atoms with E-state index in [4.69, 9.17) is 16.9 Å². The lowest BCUT2D eigenvalue weighted by atomic mass is 10.1. The Labute approximate surface area is 145 Å². The molecule has 0 bridgehead atoms. The van der Waals surface area contributed by atoms with E-state index in [0.717, 1.165) is 5.56 Å². The molecule has 0 heterocycles. The molecule has 2 unspecified atom stereocenters. The Morgan fingerprint density at radius 2 is 1.75 bits per heavy atom. The molecule has 0 radical (unpaired) electrons. The summed E-state index contributed by atoms with van der Waals surface area (Å²) in [5.74, 6) is 0. The first kappa shape index (κ1) is 17.8. The van der Waals surface area contributed by atoms with Gasteiger partial charge in [-0.15, -0.1) is 0 Å². The van der Waals surface area contributed by atoms with Crippen molar-refractivity contribution in [2.24, 2.45) is 0 Å². The molecule has 2 amide bonds. The maximum Gasteiger partial charge on any atom is 0.315 e. The average Bonchev–Trinajstić information content (AvgIpc) is 2.60. The molecule has 0 aliphatic carbocycles. The molecule has 0 aromatic heterocycles. The highest BCUT2D eigenvalue weighted by Crippen LogP contribution is 2.16. The number of nitrogens with one attached hydrogen (secondary N) is 2. The van der Waals surface area contributed by atoms with Gasteiger partial charge in [0.25, 0.3) is 0 Å². The SMILES string of the molecule is CC(NC(=O)NCC(O)c1ccc(Cl)cc1)c1ccc(C#N)cc1. The van der Waals surface area contributed by atoms with Gasteiger partial charge in [-0.3, -0.25) is 0 Å². The summed E-state index contributed by atoms with van der Waals surface area (Å²) in [6.07, 6.45) is -0.807. The summed E-state index contributed by atoms with van der Waals surface area (Å²) in [5, 5.41) is 24.8. The van der Waals surface area contributed by atoms with E-state index in [9.17, 15) is 9.90 Å². The minimum Gasteiger partial charge on any atom is -0.387 e. The molecule has 0 saturated carbocycles. The number of nitriles is 1. The molecule has 0 aliphatic heterocycles. The van der Waals surface area contributed by atoms with Crippen LogP contribution < -0.4 is 10.6 Å². The van der Waals surface area contributed by atoms with Crippen molar-refractivity contribution in [3.63, 3.8) is 0 Å². The summed E-state index contributed by atoms with van der Waals surface area (Å²) in [5.41, 5.74) is 2.14. The van der Waals surface area contributed by atoms with Crippen molar-refractivity contribution in [1.29, 1.82) is 5.26 Å². The molecule has 2 rings (SSSR count). The van der Waals surface area contributed by atoms with Crippen LogP contribution in [0.3, 0.4) is 0 Å². The summed E-state index contributed by atoms with van der Waals surface area (Å²) in [6, 6.07) is 15.3. The first-order valence-electron chi connectivity index (χ1n) is 7.47. The zero-order valence-electron chi connectivity index (χ0n) is 13.2. The molecular formula is C18H18ClN3O2. The normalized spacial score (nSPS) is 12.8. The van der Waals surface area contributed by atoms with Crippen LogP contribution in [-0.2, 0) is 0 Å². The molecular weight excluding hydrogens is 326 g/mol. The van der Waals surface area contributed by atoms with Crippen LogP contribution in [0.1, 0.15) is 35.8 Å². The second kappa shape index (κ2) is 8.34. The molecule has 2 atom stereocenters. The van der Waals surface area contributed by atoms with E-state index in [0.29, 0.717) is 16.1 Å². The number of urea groups is 1. The maximum absolute atomic E-state index is 11.9. The molecule has 24 heavy (non-hydrogen) atoms. The minimum absolute atomic E-state index is 0.0908. The zero-order valence-corrected chi connectivity index (χ0v) is 13.9. The fraction of sp³-hybridized carbons (Fsp3) is 0.222. The van der Waals surface area contributed by atoms with Crippen LogP contribution in [0.25, 0.3) is 0 Å². The maximum atomic E-state index is 11.9. The molecule has 2 aromatic carbocycles. The molecule has 0 fully saturated rings. The van der Waals surface area contributed by atoms with E-state index >= 15 is 0 Å². The summed E-state index contributed by atoms with van der Waals surface area (Å²) in [6.45, 7) is 1.93. The molecule has 5 nitrogen and oxygen atoms in total. The third-order valence-corrected chi connectivity index (χ3v) is 3.85. The fourth-order valence-electron chi connectivity index (χ4n) is 2.17. The number of aliphatic hydroxyl groups excluding tert-OH is 1. The molecule has 0 saturated heterocycles. The number of carbonyl (C=O) groups is 1. The first-order chi connectivity index (χ1) is 11.5. The van der Waals surface area contributed by atoms with E-state index < -0.39 is 6.10 Å². The monoisotopic (exact) mass is 343 g/mol. The quantitative estimate of drug-likeness (QED) is 0.778. The van der Waals surface area contributed by atoms with Crippen LogP contribution in [-0.4, -0.2) is 17.7 Å². The fourth-order valence-corrected chi connectivity index (χ4v) is 2.30. The number of aliphatic hydroxyl groups is 1. The molecule has 0 aliphatic rings. The van der Waals surface area contributed by atoms with Gasteiger partial charge in [-0.05, 0) is 42.3 Å². The Morgan fingerprint density at radius 1 is 1.17 bits per heavy atom. The van der Waals surface area contributed by atoms with Crippen molar-refractivity contribution in [3.8, 4) is 6.07 Å². The molecule has 6 heteroatoms. The first-order valence-corrected chi connectivity index (χ1v) is 7.85. The largest absolute Gasteiger partial charge is 0.387 e. The Hall–Kier alpha value is -2.55. The Morgan fingerprint density at radius 3 is 2.33 bits per heavy atom. The van der Waals surface area contributed by atoms with E-state index in [1.165, 1.54) is 0 Å². The summed E-state index contributed by atoms with van der Waals surface area (Å²) in [4.78, 5) is 11.9.